The zero-order valence-electron chi connectivity index (χ0n) is 13.0. The highest BCUT2D eigenvalue weighted by Gasteiger charge is 2.27. The third kappa shape index (κ3) is 3.11. The number of hydrogen-bond donors (Lipinski definition) is 1. The number of nitrogens with zero attached hydrogens (tertiary/aromatic N) is 2. The second kappa shape index (κ2) is 5.65. The van der Waals surface area contributed by atoms with Gasteiger partial charge in [0.25, 0.3) is 0 Å². The van der Waals surface area contributed by atoms with Crippen molar-refractivity contribution >= 4 is 33.3 Å². The van der Waals surface area contributed by atoms with E-state index in [4.69, 9.17) is 22.3 Å². The van der Waals surface area contributed by atoms with Crippen LogP contribution in [0.3, 0.4) is 0 Å². The van der Waals surface area contributed by atoms with Gasteiger partial charge in [-0.25, -0.2) is 4.98 Å². The fourth-order valence-electron chi connectivity index (χ4n) is 2.37. The fourth-order valence-corrected chi connectivity index (χ4v) is 2.94. The van der Waals surface area contributed by atoms with E-state index in [9.17, 15) is 0 Å². The third-order valence-corrected chi connectivity index (χ3v) is 4.14. The summed E-state index contributed by atoms with van der Waals surface area (Å²) >= 11 is 9.81. The first-order chi connectivity index (χ1) is 9.62. The highest BCUT2D eigenvalue weighted by molar-refractivity contribution is 9.10. The molecule has 0 saturated heterocycles. The molecule has 1 aromatic carbocycles. The van der Waals surface area contributed by atoms with E-state index in [1.54, 1.807) is 0 Å². The summed E-state index contributed by atoms with van der Waals surface area (Å²) in [5, 5.41) is 0.652. The van der Waals surface area contributed by atoms with Crippen LogP contribution in [0, 0.1) is 0 Å². The lowest BCUT2D eigenvalue weighted by Crippen LogP contribution is -2.21. The Morgan fingerprint density at radius 3 is 2.38 bits per heavy atom. The van der Waals surface area contributed by atoms with E-state index >= 15 is 0 Å². The topological polar surface area (TPSA) is 43.8 Å². The number of nitrogens with two attached hydrogens (primary N) is 1. The summed E-state index contributed by atoms with van der Waals surface area (Å²) in [7, 11) is 0. The quantitative estimate of drug-likeness (QED) is 0.766. The van der Waals surface area contributed by atoms with Crippen LogP contribution in [-0.4, -0.2) is 9.55 Å². The summed E-state index contributed by atoms with van der Waals surface area (Å²) in [4.78, 5) is 4.81. The van der Waals surface area contributed by atoms with Crippen molar-refractivity contribution in [2.75, 3.05) is 5.73 Å². The predicted octanol–water partition coefficient (Wildman–Crippen LogP) is 5.43. The minimum Gasteiger partial charge on any atom is -0.383 e. The van der Waals surface area contributed by atoms with E-state index in [-0.39, 0.29) is 11.5 Å². The Bertz CT molecular complexity index is 669. The molecule has 2 aromatic rings. The maximum Gasteiger partial charge on any atom is 0.132 e. The molecule has 0 spiro atoms. The van der Waals surface area contributed by atoms with E-state index in [0.29, 0.717) is 10.8 Å². The van der Waals surface area contributed by atoms with Crippen molar-refractivity contribution in [1.82, 2.24) is 9.55 Å². The van der Waals surface area contributed by atoms with Gasteiger partial charge in [0.1, 0.15) is 17.3 Å². The highest BCUT2D eigenvalue weighted by Crippen LogP contribution is 2.38. The van der Waals surface area contributed by atoms with Crippen LogP contribution in [0.5, 0.6) is 0 Å². The summed E-state index contributed by atoms with van der Waals surface area (Å²) < 4.78 is 3.05. The second-order valence-electron chi connectivity index (χ2n) is 6.51. The van der Waals surface area contributed by atoms with Crippen molar-refractivity contribution in [1.29, 1.82) is 0 Å². The van der Waals surface area contributed by atoms with Gasteiger partial charge in [-0.3, -0.25) is 0 Å². The van der Waals surface area contributed by atoms with Crippen molar-refractivity contribution in [2.45, 2.75) is 46.1 Å². The van der Waals surface area contributed by atoms with Crippen molar-refractivity contribution in [3.05, 3.63) is 33.5 Å². The maximum atomic E-state index is 6.38. The molecule has 5 heteroatoms. The Hall–Kier alpha value is -1.00. The molecule has 2 rings (SSSR count). The summed E-state index contributed by atoms with van der Waals surface area (Å²) in [6.07, 6.45) is 0. The summed E-state index contributed by atoms with van der Waals surface area (Å²) in [5.74, 6) is 1.64. The lowest BCUT2D eigenvalue weighted by molar-refractivity contribution is 0.473. The molecule has 0 amide bonds. The zero-order valence-corrected chi connectivity index (χ0v) is 15.4. The highest BCUT2D eigenvalue weighted by atomic mass is 79.9. The molecule has 0 fully saturated rings. The first-order valence-corrected chi connectivity index (χ1v) is 8.13. The van der Waals surface area contributed by atoms with Crippen molar-refractivity contribution < 1.29 is 0 Å². The molecule has 1 aromatic heterocycles. The molecule has 0 radical (unpaired) electrons. The minimum absolute atomic E-state index is 0.0882. The number of anilines is 1. The second-order valence-corrected chi connectivity index (χ2v) is 7.83. The molecule has 2 N–H and O–H groups in total. The molecule has 0 aliphatic heterocycles. The largest absolute Gasteiger partial charge is 0.383 e. The first kappa shape index (κ1) is 16.4. The Labute approximate surface area is 139 Å². The van der Waals surface area contributed by atoms with Gasteiger partial charge < -0.3 is 10.3 Å². The number of nitrogen functional groups attached to an aromatic ring is 1. The summed E-state index contributed by atoms with van der Waals surface area (Å²) in [5.41, 5.74) is 7.90. The number of hydrogen-bond acceptors (Lipinski definition) is 2. The average molecular weight is 371 g/mol. The molecule has 0 saturated carbocycles. The van der Waals surface area contributed by atoms with Crippen LogP contribution in [0.15, 0.2) is 22.7 Å². The number of rotatable bonds is 2. The van der Waals surface area contributed by atoms with Crippen LogP contribution in [-0.2, 0) is 5.41 Å². The molecule has 3 nitrogen and oxygen atoms in total. The average Bonchev–Trinajstić information content (AvgIpc) is 2.70. The van der Waals surface area contributed by atoms with Crippen LogP contribution < -0.4 is 5.73 Å². The number of aromatic nitrogens is 2. The molecule has 114 valence electrons. The van der Waals surface area contributed by atoms with Crippen LogP contribution in [0.25, 0.3) is 11.3 Å². The molecule has 0 unspecified atom stereocenters. The van der Waals surface area contributed by atoms with Gasteiger partial charge in [0.15, 0.2) is 0 Å². The molecule has 1 heterocycles. The Balaban J connectivity index is 2.74. The number of halogens is 2. The lowest BCUT2D eigenvalue weighted by atomic mass is 9.95. The predicted molar refractivity (Wildman–Crippen MR) is 93.9 cm³/mol. The van der Waals surface area contributed by atoms with Gasteiger partial charge >= 0.3 is 0 Å². The van der Waals surface area contributed by atoms with Gasteiger partial charge in [0.2, 0.25) is 0 Å². The van der Waals surface area contributed by atoms with Crippen molar-refractivity contribution in [3.8, 4) is 11.3 Å². The molecule has 0 aliphatic carbocycles. The molecule has 0 aliphatic rings. The lowest BCUT2D eigenvalue weighted by Gasteiger charge is -2.22. The van der Waals surface area contributed by atoms with Crippen LogP contribution in [0.1, 0.15) is 46.5 Å². The SMILES string of the molecule is CC(C)n1c(C(C)(C)C)nc(-c2cc(Br)ccc2Cl)c1N. The van der Waals surface area contributed by atoms with Crippen molar-refractivity contribution in [2.24, 2.45) is 0 Å². The Morgan fingerprint density at radius 2 is 1.90 bits per heavy atom. The van der Waals surface area contributed by atoms with E-state index in [2.05, 4.69) is 55.1 Å². The summed E-state index contributed by atoms with van der Waals surface area (Å²) in [6, 6.07) is 5.96. The van der Waals surface area contributed by atoms with Gasteiger partial charge in [0, 0.05) is 21.5 Å². The molecular formula is C16H21BrClN3. The van der Waals surface area contributed by atoms with Gasteiger partial charge in [-0.05, 0) is 32.0 Å². The van der Waals surface area contributed by atoms with Crippen molar-refractivity contribution in [3.63, 3.8) is 0 Å². The van der Waals surface area contributed by atoms with Gasteiger partial charge in [0.05, 0.1) is 5.02 Å². The minimum atomic E-state index is -0.0882. The Kier molecular flexibility index (Phi) is 4.41. The molecular weight excluding hydrogens is 350 g/mol. The smallest absolute Gasteiger partial charge is 0.132 e. The molecule has 21 heavy (non-hydrogen) atoms. The van der Waals surface area contributed by atoms with Gasteiger partial charge in [-0.2, -0.15) is 0 Å². The first-order valence-electron chi connectivity index (χ1n) is 6.96. The van der Waals surface area contributed by atoms with E-state index < -0.39 is 0 Å². The maximum absolute atomic E-state index is 6.38. The van der Waals surface area contributed by atoms with Crippen LogP contribution >= 0.6 is 27.5 Å². The number of benzene rings is 1. The molecule has 0 atom stereocenters. The molecule has 0 bridgehead atoms. The van der Waals surface area contributed by atoms with Crippen LogP contribution in [0.4, 0.5) is 5.82 Å². The monoisotopic (exact) mass is 369 g/mol. The number of imidazole rings is 1. The van der Waals surface area contributed by atoms with Crippen LogP contribution in [0.2, 0.25) is 5.02 Å². The van der Waals surface area contributed by atoms with E-state index in [1.807, 2.05) is 18.2 Å². The van der Waals surface area contributed by atoms with Gasteiger partial charge in [-0.15, -0.1) is 0 Å². The summed E-state index contributed by atoms with van der Waals surface area (Å²) in [6.45, 7) is 10.6. The zero-order chi connectivity index (χ0) is 15.9. The van der Waals surface area contributed by atoms with Gasteiger partial charge in [-0.1, -0.05) is 48.3 Å². The standard InChI is InChI=1S/C16H21BrClN3/c1-9(2)21-14(19)13(20-15(21)16(3,4)5)11-8-10(17)6-7-12(11)18/h6-9H,19H2,1-5H3. The normalized spacial score (nSPS) is 12.2. The fraction of sp³-hybridized carbons (Fsp3) is 0.438. The van der Waals surface area contributed by atoms with E-state index in [0.717, 1.165) is 21.6 Å². The third-order valence-electron chi connectivity index (χ3n) is 3.32. The van der Waals surface area contributed by atoms with E-state index in [1.165, 1.54) is 0 Å². The Morgan fingerprint density at radius 1 is 1.29 bits per heavy atom.